The van der Waals surface area contributed by atoms with Crippen molar-refractivity contribution >= 4 is 17.8 Å². The van der Waals surface area contributed by atoms with E-state index in [9.17, 15) is 18.8 Å². The molecule has 1 aromatic carbocycles. The highest BCUT2D eigenvalue weighted by molar-refractivity contribution is 5.90. The number of nitrogens with one attached hydrogen (secondary N) is 2. The minimum absolute atomic E-state index is 0.108. The van der Waals surface area contributed by atoms with Gasteiger partial charge in [0.25, 0.3) is 0 Å². The normalized spacial score (nSPS) is 12.9. The standard InChI is InChI=1S/C15H19FN2O4/c1-9(15(21)22-3)17-14(20)13(18-10(2)19)8-11-5-4-6-12(16)7-11/h4-7,9,13H,8H2,1-3H3,(H,17,20)(H,18,19)/t9-,13+/m0/s1. The van der Waals surface area contributed by atoms with E-state index >= 15 is 0 Å². The van der Waals surface area contributed by atoms with Gasteiger partial charge in [-0.05, 0) is 24.6 Å². The zero-order chi connectivity index (χ0) is 16.7. The van der Waals surface area contributed by atoms with E-state index < -0.39 is 35.7 Å². The van der Waals surface area contributed by atoms with Crippen molar-refractivity contribution in [3.05, 3.63) is 35.6 Å². The number of carbonyl (C=O) groups is 3. The van der Waals surface area contributed by atoms with Gasteiger partial charge in [0.15, 0.2) is 0 Å². The summed E-state index contributed by atoms with van der Waals surface area (Å²) in [5.41, 5.74) is 0.555. The lowest BCUT2D eigenvalue weighted by Gasteiger charge is -2.20. The number of esters is 1. The van der Waals surface area contributed by atoms with Crippen LogP contribution in [0.4, 0.5) is 4.39 Å². The van der Waals surface area contributed by atoms with Crippen molar-refractivity contribution in [1.29, 1.82) is 0 Å². The second-order valence-electron chi connectivity index (χ2n) is 4.84. The van der Waals surface area contributed by atoms with Gasteiger partial charge in [0, 0.05) is 13.3 Å². The topological polar surface area (TPSA) is 84.5 Å². The smallest absolute Gasteiger partial charge is 0.328 e. The van der Waals surface area contributed by atoms with E-state index in [0.29, 0.717) is 5.56 Å². The maximum Gasteiger partial charge on any atom is 0.328 e. The molecule has 7 heteroatoms. The van der Waals surface area contributed by atoms with E-state index in [1.807, 2.05) is 0 Å². The molecule has 0 spiro atoms. The molecule has 6 nitrogen and oxygen atoms in total. The molecule has 0 radical (unpaired) electrons. The molecule has 1 aromatic rings. The second kappa shape index (κ2) is 8.11. The van der Waals surface area contributed by atoms with E-state index in [1.165, 1.54) is 39.2 Å². The molecule has 2 N–H and O–H groups in total. The van der Waals surface area contributed by atoms with Crippen molar-refractivity contribution in [2.24, 2.45) is 0 Å². The summed E-state index contributed by atoms with van der Waals surface area (Å²) in [6, 6.07) is 3.98. The van der Waals surface area contributed by atoms with Crippen LogP contribution in [0.2, 0.25) is 0 Å². The van der Waals surface area contributed by atoms with Crippen molar-refractivity contribution in [1.82, 2.24) is 10.6 Å². The minimum Gasteiger partial charge on any atom is -0.467 e. The molecule has 0 heterocycles. The lowest BCUT2D eigenvalue weighted by atomic mass is 10.0. The second-order valence-corrected chi connectivity index (χ2v) is 4.84. The Hall–Kier alpha value is -2.44. The van der Waals surface area contributed by atoms with Crippen molar-refractivity contribution in [3.8, 4) is 0 Å². The highest BCUT2D eigenvalue weighted by atomic mass is 19.1. The number of hydrogen-bond donors (Lipinski definition) is 2. The molecule has 120 valence electrons. The average molecular weight is 310 g/mol. The fourth-order valence-electron chi connectivity index (χ4n) is 1.90. The molecule has 0 saturated carbocycles. The predicted molar refractivity (Wildman–Crippen MR) is 77.3 cm³/mol. The lowest BCUT2D eigenvalue weighted by Crippen LogP contribution is -2.51. The molecule has 0 fully saturated rings. The van der Waals surface area contributed by atoms with E-state index in [0.717, 1.165) is 0 Å². The molecular weight excluding hydrogens is 291 g/mol. The Morgan fingerprint density at radius 1 is 1.27 bits per heavy atom. The van der Waals surface area contributed by atoms with Gasteiger partial charge >= 0.3 is 5.97 Å². The molecule has 1 rings (SSSR count). The summed E-state index contributed by atoms with van der Waals surface area (Å²) in [5.74, 6) is -1.97. The van der Waals surface area contributed by atoms with Gasteiger partial charge in [-0.25, -0.2) is 9.18 Å². The number of halogens is 1. The first kappa shape index (κ1) is 17.6. The van der Waals surface area contributed by atoms with Gasteiger partial charge in [0.2, 0.25) is 11.8 Å². The van der Waals surface area contributed by atoms with Crippen LogP contribution in [-0.2, 0) is 25.5 Å². The van der Waals surface area contributed by atoms with Crippen LogP contribution in [0.1, 0.15) is 19.4 Å². The Bertz CT molecular complexity index is 562. The molecule has 2 amide bonds. The van der Waals surface area contributed by atoms with Crippen molar-refractivity contribution in [2.75, 3.05) is 7.11 Å². The molecule has 0 aromatic heterocycles. The molecule has 0 aliphatic rings. The predicted octanol–water partition coefficient (Wildman–Crippen LogP) is 0.551. The summed E-state index contributed by atoms with van der Waals surface area (Å²) in [7, 11) is 1.21. The molecule has 0 aliphatic carbocycles. The Labute approximate surface area is 128 Å². The van der Waals surface area contributed by atoms with Gasteiger partial charge in [-0.2, -0.15) is 0 Å². The number of methoxy groups -OCH3 is 1. The number of hydrogen-bond acceptors (Lipinski definition) is 4. The maximum atomic E-state index is 13.2. The number of carbonyl (C=O) groups excluding carboxylic acids is 3. The molecule has 0 unspecified atom stereocenters. The average Bonchev–Trinajstić information content (AvgIpc) is 2.45. The zero-order valence-corrected chi connectivity index (χ0v) is 12.7. The first-order chi connectivity index (χ1) is 10.3. The Morgan fingerprint density at radius 2 is 1.95 bits per heavy atom. The summed E-state index contributed by atoms with van der Waals surface area (Å²) in [6.45, 7) is 2.74. The van der Waals surface area contributed by atoms with Crippen LogP contribution >= 0.6 is 0 Å². The summed E-state index contributed by atoms with van der Waals surface area (Å²) < 4.78 is 17.7. The minimum atomic E-state index is -0.911. The van der Waals surface area contributed by atoms with Crippen LogP contribution in [0, 0.1) is 5.82 Å². The summed E-state index contributed by atoms with van der Waals surface area (Å²) >= 11 is 0. The van der Waals surface area contributed by atoms with Gasteiger partial charge in [-0.1, -0.05) is 12.1 Å². The molecule has 0 aliphatic heterocycles. The maximum absolute atomic E-state index is 13.2. The van der Waals surface area contributed by atoms with Crippen LogP contribution in [0.5, 0.6) is 0 Å². The zero-order valence-electron chi connectivity index (χ0n) is 12.7. The number of ether oxygens (including phenoxy) is 1. The van der Waals surface area contributed by atoms with E-state index in [-0.39, 0.29) is 6.42 Å². The van der Waals surface area contributed by atoms with Crippen molar-refractivity contribution < 1.29 is 23.5 Å². The van der Waals surface area contributed by atoms with Crippen LogP contribution in [0.15, 0.2) is 24.3 Å². The fourth-order valence-corrected chi connectivity index (χ4v) is 1.90. The summed E-state index contributed by atoms with van der Waals surface area (Å²) in [6.07, 6.45) is 0.108. The van der Waals surface area contributed by atoms with Crippen LogP contribution < -0.4 is 10.6 Å². The Balaban J connectivity index is 2.81. The largest absolute Gasteiger partial charge is 0.467 e. The van der Waals surface area contributed by atoms with E-state index in [2.05, 4.69) is 15.4 Å². The quantitative estimate of drug-likeness (QED) is 0.752. The van der Waals surface area contributed by atoms with Crippen molar-refractivity contribution in [2.45, 2.75) is 32.4 Å². The first-order valence-corrected chi connectivity index (χ1v) is 6.73. The lowest BCUT2D eigenvalue weighted by molar-refractivity contribution is -0.144. The van der Waals surface area contributed by atoms with Gasteiger partial charge in [0.1, 0.15) is 17.9 Å². The summed E-state index contributed by atoms with van der Waals surface area (Å²) in [4.78, 5) is 34.7. The van der Waals surface area contributed by atoms with Crippen LogP contribution in [0.3, 0.4) is 0 Å². The van der Waals surface area contributed by atoms with Gasteiger partial charge < -0.3 is 15.4 Å². The van der Waals surface area contributed by atoms with Gasteiger partial charge in [0.05, 0.1) is 7.11 Å². The van der Waals surface area contributed by atoms with Crippen LogP contribution in [0.25, 0.3) is 0 Å². The third kappa shape index (κ3) is 5.51. The number of rotatable bonds is 6. The number of amides is 2. The van der Waals surface area contributed by atoms with Gasteiger partial charge in [-0.15, -0.1) is 0 Å². The third-order valence-corrected chi connectivity index (χ3v) is 2.94. The molecular formula is C15H19FN2O4. The van der Waals surface area contributed by atoms with Gasteiger partial charge in [-0.3, -0.25) is 9.59 Å². The van der Waals surface area contributed by atoms with E-state index in [1.54, 1.807) is 6.07 Å². The van der Waals surface area contributed by atoms with Crippen molar-refractivity contribution in [3.63, 3.8) is 0 Å². The van der Waals surface area contributed by atoms with E-state index in [4.69, 9.17) is 0 Å². The molecule has 0 saturated heterocycles. The highest BCUT2D eigenvalue weighted by Crippen LogP contribution is 2.07. The number of benzene rings is 1. The third-order valence-electron chi connectivity index (χ3n) is 2.94. The Kier molecular flexibility index (Phi) is 6.49. The molecule has 2 atom stereocenters. The SMILES string of the molecule is COC(=O)[C@H](C)NC(=O)[C@@H](Cc1cccc(F)c1)NC(C)=O. The Morgan fingerprint density at radius 3 is 2.50 bits per heavy atom. The van der Waals surface area contributed by atoms with Crippen LogP contribution in [-0.4, -0.2) is 37.0 Å². The molecule has 0 bridgehead atoms. The molecule has 22 heavy (non-hydrogen) atoms. The highest BCUT2D eigenvalue weighted by Gasteiger charge is 2.24. The fraction of sp³-hybridized carbons (Fsp3) is 0.400. The monoisotopic (exact) mass is 310 g/mol. The summed E-state index contributed by atoms with van der Waals surface area (Å²) in [5, 5.41) is 4.93. The first-order valence-electron chi connectivity index (χ1n) is 6.73.